The Kier molecular flexibility index (Phi) is 11.1. The van der Waals surface area contributed by atoms with Crippen LogP contribution in [-0.4, -0.2) is 115 Å². The van der Waals surface area contributed by atoms with E-state index in [1.807, 2.05) is 24.3 Å². The second-order valence-corrected chi connectivity index (χ2v) is 12.7. The number of rotatable bonds is 12. The van der Waals surface area contributed by atoms with Gasteiger partial charge in [0, 0.05) is 81.6 Å². The monoisotopic (exact) mass is 702 g/mol. The lowest BCUT2D eigenvalue weighted by atomic mass is 10.0. The van der Waals surface area contributed by atoms with E-state index in [4.69, 9.17) is 24.4 Å². The number of methoxy groups -OCH3 is 1. The minimum Gasteiger partial charge on any atom is -0.493 e. The molecule has 0 bridgehead atoms. The Labute approximate surface area is 302 Å². The van der Waals surface area contributed by atoms with Crippen LogP contribution in [0.3, 0.4) is 0 Å². The number of hydrogen-bond donors (Lipinski definition) is 1. The van der Waals surface area contributed by atoms with Gasteiger partial charge in [0.1, 0.15) is 5.82 Å². The highest BCUT2D eigenvalue weighted by atomic mass is 16.5. The molecule has 0 saturated carbocycles. The topological polar surface area (TPSA) is 135 Å². The molecular weight excluding hydrogens is 660 g/mol. The highest BCUT2D eigenvalue weighted by Gasteiger charge is 2.28. The van der Waals surface area contributed by atoms with Crippen molar-refractivity contribution in [2.45, 2.75) is 12.8 Å². The van der Waals surface area contributed by atoms with Gasteiger partial charge in [0.25, 0.3) is 11.8 Å². The summed E-state index contributed by atoms with van der Waals surface area (Å²) in [5.74, 6) is 1.83. The van der Waals surface area contributed by atoms with Gasteiger partial charge in [0.05, 0.1) is 43.8 Å². The smallest absolute Gasteiger partial charge is 0.257 e. The van der Waals surface area contributed by atoms with E-state index in [9.17, 15) is 9.59 Å². The summed E-state index contributed by atoms with van der Waals surface area (Å²) in [5.41, 5.74) is 2.53. The van der Waals surface area contributed by atoms with Crippen molar-refractivity contribution < 1.29 is 23.8 Å². The van der Waals surface area contributed by atoms with E-state index in [2.05, 4.69) is 25.1 Å². The first-order valence-electron chi connectivity index (χ1n) is 17.6. The van der Waals surface area contributed by atoms with Gasteiger partial charge in [-0.3, -0.25) is 19.5 Å². The summed E-state index contributed by atoms with van der Waals surface area (Å²) in [6.45, 7) is 6.84. The number of amides is 2. The van der Waals surface area contributed by atoms with E-state index in [0.29, 0.717) is 67.7 Å². The molecule has 1 N–H and O–H groups in total. The van der Waals surface area contributed by atoms with E-state index in [1.165, 1.54) is 0 Å². The Morgan fingerprint density at radius 2 is 1.58 bits per heavy atom. The van der Waals surface area contributed by atoms with Crippen molar-refractivity contribution in [3.05, 3.63) is 108 Å². The fourth-order valence-corrected chi connectivity index (χ4v) is 6.60. The van der Waals surface area contributed by atoms with Gasteiger partial charge in [-0.25, -0.2) is 4.98 Å². The Balaban J connectivity index is 1.10. The highest BCUT2D eigenvalue weighted by molar-refractivity contribution is 6.12. The van der Waals surface area contributed by atoms with Crippen LogP contribution in [0.15, 0.2) is 85.3 Å². The molecule has 0 radical (unpaired) electrons. The number of nitrogens with zero attached hydrogens (tertiary/aromatic N) is 7. The van der Waals surface area contributed by atoms with Gasteiger partial charge in [0.15, 0.2) is 17.3 Å². The molecule has 2 aliphatic rings. The molecule has 13 heteroatoms. The average Bonchev–Trinajstić information content (AvgIpc) is 3.20. The Hall–Kier alpha value is -5.66. The van der Waals surface area contributed by atoms with Crippen molar-refractivity contribution in [2.24, 2.45) is 0 Å². The lowest BCUT2D eigenvalue weighted by Gasteiger charge is -2.36. The molecular formula is C39H42N8O5. The van der Waals surface area contributed by atoms with Gasteiger partial charge in [0.2, 0.25) is 0 Å². The number of hydrogen-bond acceptors (Lipinski definition) is 11. The van der Waals surface area contributed by atoms with Crippen molar-refractivity contribution in [2.75, 3.05) is 83.0 Å². The molecule has 0 atom stereocenters. The molecule has 268 valence electrons. The Morgan fingerprint density at radius 1 is 0.827 bits per heavy atom. The number of piperazine rings is 1. The van der Waals surface area contributed by atoms with E-state index >= 15 is 0 Å². The number of carbonyl (C=O) groups excluding carboxylic acids is 2. The van der Waals surface area contributed by atoms with Crippen molar-refractivity contribution in [3.63, 3.8) is 0 Å². The van der Waals surface area contributed by atoms with E-state index < -0.39 is 0 Å². The molecule has 2 aromatic carbocycles. The second kappa shape index (κ2) is 16.6. The zero-order chi connectivity index (χ0) is 35.7. The number of morpholine rings is 1. The van der Waals surface area contributed by atoms with Crippen molar-refractivity contribution in [1.29, 1.82) is 0 Å². The minimum atomic E-state index is -0.385. The quantitative estimate of drug-likeness (QED) is 0.186. The Bertz CT molecular complexity index is 1980. The standard InChI is InChI=1S/C39H42N8O5/c1-50-34-26-31-32(27-35(34)52-22-6-15-45-20-23-51-24-21-45)37(44-43-33(31)25-28-10-13-40-14-11-28)46-16-18-47(19-17-46)39(49)30-8-3-2-7-29(30)38(48)42-36-9-4-5-12-41-36/h2-5,7-14,26-27H,6,15-25H2,1H3,(H,41,42,48). The van der Waals surface area contributed by atoms with E-state index in [0.717, 1.165) is 67.1 Å². The fraction of sp³-hybridized carbons (Fsp3) is 0.333. The molecule has 3 aromatic heterocycles. The average molecular weight is 703 g/mol. The summed E-state index contributed by atoms with van der Waals surface area (Å²) < 4.78 is 17.7. The fourth-order valence-electron chi connectivity index (χ4n) is 6.60. The number of anilines is 2. The van der Waals surface area contributed by atoms with Gasteiger partial charge in [-0.1, -0.05) is 18.2 Å². The summed E-state index contributed by atoms with van der Waals surface area (Å²) in [6.07, 6.45) is 6.60. The van der Waals surface area contributed by atoms with Crippen molar-refractivity contribution >= 4 is 34.2 Å². The van der Waals surface area contributed by atoms with E-state index in [-0.39, 0.29) is 11.8 Å². The van der Waals surface area contributed by atoms with Crippen LogP contribution < -0.4 is 19.7 Å². The predicted molar refractivity (Wildman–Crippen MR) is 197 cm³/mol. The van der Waals surface area contributed by atoms with Gasteiger partial charge in [-0.05, 0) is 60.5 Å². The van der Waals surface area contributed by atoms with Crippen molar-refractivity contribution in [3.8, 4) is 11.5 Å². The molecule has 5 aromatic rings. The summed E-state index contributed by atoms with van der Waals surface area (Å²) >= 11 is 0. The van der Waals surface area contributed by atoms with Gasteiger partial charge < -0.3 is 29.3 Å². The molecule has 2 amide bonds. The SMILES string of the molecule is COc1cc2c(Cc3ccncc3)nnc(N3CCN(C(=O)c4ccccc4C(=O)Nc4ccccn4)CC3)c2cc1OCCCN1CCOCC1. The molecule has 7 rings (SSSR count). The molecule has 13 nitrogen and oxygen atoms in total. The van der Waals surface area contributed by atoms with Gasteiger partial charge in [-0.2, -0.15) is 5.10 Å². The number of ether oxygens (including phenoxy) is 3. The van der Waals surface area contributed by atoms with Gasteiger partial charge >= 0.3 is 0 Å². The zero-order valence-electron chi connectivity index (χ0n) is 29.2. The third-order valence-corrected chi connectivity index (χ3v) is 9.40. The lowest BCUT2D eigenvalue weighted by molar-refractivity contribution is 0.0357. The summed E-state index contributed by atoms with van der Waals surface area (Å²) in [4.78, 5) is 41.7. The largest absolute Gasteiger partial charge is 0.493 e. The number of benzene rings is 2. The molecule has 2 saturated heterocycles. The van der Waals surface area contributed by atoms with Crippen LogP contribution in [0.1, 0.15) is 38.4 Å². The summed E-state index contributed by atoms with van der Waals surface area (Å²) in [7, 11) is 1.65. The van der Waals surface area contributed by atoms with Gasteiger partial charge in [-0.15, -0.1) is 5.10 Å². The minimum absolute atomic E-state index is 0.201. The third-order valence-electron chi connectivity index (χ3n) is 9.40. The molecule has 0 aliphatic carbocycles. The number of carbonyl (C=O) groups is 2. The van der Waals surface area contributed by atoms with Crippen LogP contribution in [0, 0.1) is 0 Å². The third kappa shape index (κ3) is 8.11. The van der Waals surface area contributed by atoms with Crippen LogP contribution >= 0.6 is 0 Å². The molecule has 0 spiro atoms. The molecule has 2 aliphatic heterocycles. The molecule has 52 heavy (non-hydrogen) atoms. The maximum absolute atomic E-state index is 13.8. The number of aromatic nitrogens is 4. The summed E-state index contributed by atoms with van der Waals surface area (Å²) in [5, 5.41) is 14.1. The molecule has 0 unspecified atom stereocenters. The number of fused-ring (bicyclic) bond motifs is 1. The van der Waals surface area contributed by atoms with Crippen molar-refractivity contribution in [1.82, 2.24) is 30.0 Å². The first-order chi connectivity index (χ1) is 25.6. The predicted octanol–water partition coefficient (Wildman–Crippen LogP) is 4.34. The summed E-state index contributed by atoms with van der Waals surface area (Å²) in [6, 6.07) is 20.1. The Morgan fingerprint density at radius 3 is 2.33 bits per heavy atom. The van der Waals surface area contributed by atoms with E-state index in [1.54, 1.807) is 73.1 Å². The second-order valence-electron chi connectivity index (χ2n) is 12.7. The van der Waals surface area contributed by atoms with Crippen LogP contribution in [0.5, 0.6) is 11.5 Å². The maximum Gasteiger partial charge on any atom is 0.257 e. The zero-order valence-corrected chi connectivity index (χ0v) is 29.2. The number of pyridine rings is 2. The first kappa shape index (κ1) is 34.8. The van der Waals surface area contributed by atoms with Crippen LogP contribution in [0.25, 0.3) is 10.8 Å². The first-order valence-corrected chi connectivity index (χ1v) is 17.6. The molecule has 2 fully saturated rings. The number of nitrogens with one attached hydrogen (secondary N) is 1. The lowest BCUT2D eigenvalue weighted by Crippen LogP contribution is -2.49. The highest BCUT2D eigenvalue weighted by Crippen LogP contribution is 2.38. The normalized spacial score (nSPS) is 15.0. The molecule has 5 heterocycles. The maximum atomic E-state index is 13.8. The van der Waals surface area contributed by atoms with Crippen LogP contribution in [0.2, 0.25) is 0 Å². The van der Waals surface area contributed by atoms with Crippen LogP contribution in [0.4, 0.5) is 11.6 Å². The van der Waals surface area contributed by atoms with Crippen LogP contribution in [-0.2, 0) is 11.2 Å².